The molecule has 2 rings (SSSR count). The van der Waals surface area contributed by atoms with Crippen LogP contribution in [-0.4, -0.2) is 52.4 Å². The maximum atomic E-state index is 11.8. The fourth-order valence-electron chi connectivity index (χ4n) is 2.14. The Morgan fingerprint density at radius 1 is 1.30 bits per heavy atom. The van der Waals surface area contributed by atoms with Crippen LogP contribution < -0.4 is 5.32 Å². The average molecular weight is 341 g/mol. The first-order valence-electron chi connectivity index (χ1n) is 7.22. The van der Waals surface area contributed by atoms with Gasteiger partial charge in [0, 0.05) is 19.4 Å². The molecule has 1 N–H and O–H groups in total. The number of carbonyl (C=O) groups is 2. The second kappa shape index (κ2) is 7.56. The van der Waals surface area contributed by atoms with Gasteiger partial charge in [-0.25, -0.2) is 13.2 Å². The normalized spacial score (nSPS) is 17.7. The Labute approximate surface area is 134 Å². The van der Waals surface area contributed by atoms with Crippen molar-refractivity contribution in [3.8, 4) is 0 Å². The Morgan fingerprint density at radius 3 is 2.57 bits per heavy atom. The van der Waals surface area contributed by atoms with E-state index in [1.54, 1.807) is 0 Å². The molecule has 0 aliphatic carbocycles. The third kappa shape index (κ3) is 5.33. The van der Waals surface area contributed by atoms with Crippen molar-refractivity contribution in [3.05, 3.63) is 29.8 Å². The summed E-state index contributed by atoms with van der Waals surface area (Å²) in [5.74, 6) is -1.08. The van der Waals surface area contributed by atoms with Crippen molar-refractivity contribution in [2.75, 3.05) is 26.0 Å². The molecule has 0 radical (unpaired) electrons. The Bertz CT molecular complexity index is 662. The van der Waals surface area contributed by atoms with E-state index in [1.807, 2.05) is 0 Å². The van der Waals surface area contributed by atoms with Gasteiger partial charge in [0.15, 0.2) is 16.4 Å². The molecule has 1 aromatic rings. The van der Waals surface area contributed by atoms with Crippen LogP contribution in [0.2, 0.25) is 0 Å². The highest BCUT2D eigenvalue weighted by Gasteiger charge is 2.17. The molecule has 0 unspecified atom stereocenters. The molecule has 1 aromatic carbocycles. The molecule has 0 spiro atoms. The van der Waals surface area contributed by atoms with Gasteiger partial charge in [-0.2, -0.15) is 0 Å². The van der Waals surface area contributed by atoms with Crippen LogP contribution in [0.4, 0.5) is 0 Å². The molecule has 1 aliphatic rings. The second-order valence-electron chi connectivity index (χ2n) is 5.31. The van der Waals surface area contributed by atoms with Crippen molar-refractivity contribution < 1.29 is 27.5 Å². The summed E-state index contributed by atoms with van der Waals surface area (Å²) in [7, 11) is -3.31. The summed E-state index contributed by atoms with van der Waals surface area (Å²) in [6.07, 6.45) is 3.00. The first kappa shape index (κ1) is 17.4. The minimum absolute atomic E-state index is 0.0261. The van der Waals surface area contributed by atoms with Crippen molar-refractivity contribution in [1.29, 1.82) is 0 Å². The lowest BCUT2D eigenvalue weighted by Crippen LogP contribution is -2.34. The highest BCUT2D eigenvalue weighted by molar-refractivity contribution is 7.90. The number of hydrogen-bond donors (Lipinski definition) is 1. The Balaban J connectivity index is 1.78. The smallest absolute Gasteiger partial charge is 0.338 e. The number of benzene rings is 1. The van der Waals surface area contributed by atoms with Gasteiger partial charge < -0.3 is 14.8 Å². The number of esters is 1. The van der Waals surface area contributed by atoms with E-state index >= 15 is 0 Å². The van der Waals surface area contributed by atoms with Gasteiger partial charge in [-0.05, 0) is 37.1 Å². The van der Waals surface area contributed by atoms with Crippen molar-refractivity contribution >= 4 is 21.7 Å². The zero-order valence-corrected chi connectivity index (χ0v) is 13.6. The van der Waals surface area contributed by atoms with Gasteiger partial charge in [0.2, 0.25) is 0 Å². The number of amides is 1. The van der Waals surface area contributed by atoms with Crippen molar-refractivity contribution in [3.63, 3.8) is 0 Å². The van der Waals surface area contributed by atoms with Crippen molar-refractivity contribution in [2.24, 2.45) is 0 Å². The largest absolute Gasteiger partial charge is 0.452 e. The molecule has 23 heavy (non-hydrogen) atoms. The van der Waals surface area contributed by atoms with E-state index in [9.17, 15) is 18.0 Å². The molecule has 8 heteroatoms. The Hall–Kier alpha value is -1.93. The summed E-state index contributed by atoms with van der Waals surface area (Å²) >= 11 is 0. The first-order valence-corrected chi connectivity index (χ1v) is 9.11. The second-order valence-corrected chi connectivity index (χ2v) is 7.33. The molecular formula is C15H19NO6S. The minimum Gasteiger partial charge on any atom is -0.452 e. The summed E-state index contributed by atoms with van der Waals surface area (Å²) in [6.45, 7) is 0.720. The fraction of sp³-hybridized carbons (Fsp3) is 0.467. The molecule has 1 fully saturated rings. The van der Waals surface area contributed by atoms with Crippen LogP contribution in [0, 0.1) is 0 Å². The van der Waals surface area contributed by atoms with Gasteiger partial charge in [0.1, 0.15) is 0 Å². The summed E-state index contributed by atoms with van der Waals surface area (Å²) in [5.41, 5.74) is 0.185. The van der Waals surface area contributed by atoms with E-state index in [4.69, 9.17) is 9.47 Å². The van der Waals surface area contributed by atoms with Gasteiger partial charge in [-0.1, -0.05) is 0 Å². The molecule has 0 aromatic heterocycles. The maximum absolute atomic E-state index is 11.8. The predicted octanol–water partition coefficient (Wildman–Crippen LogP) is 0.542. The van der Waals surface area contributed by atoms with Crippen molar-refractivity contribution in [1.82, 2.24) is 5.32 Å². The zero-order chi connectivity index (χ0) is 16.9. The summed E-state index contributed by atoms with van der Waals surface area (Å²) in [6, 6.07) is 5.35. The molecular weight excluding hydrogens is 322 g/mol. The van der Waals surface area contributed by atoms with Crippen LogP contribution in [0.25, 0.3) is 0 Å². The lowest BCUT2D eigenvalue weighted by Gasteiger charge is -2.11. The topological polar surface area (TPSA) is 98.8 Å². The number of rotatable bonds is 6. The third-order valence-corrected chi connectivity index (χ3v) is 4.53. The van der Waals surface area contributed by atoms with Crippen LogP contribution in [0.3, 0.4) is 0 Å². The summed E-state index contributed by atoms with van der Waals surface area (Å²) in [5, 5.41) is 2.64. The number of ether oxygens (including phenoxy) is 2. The molecule has 0 bridgehead atoms. The van der Waals surface area contributed by atoms with Gasteiger partial charge in [0.25, 0.3) is 5.91 Å². The standard InChI is InChI=1S/C15H19NO6S/c1-23(19,20)13-6-4-11(5-7-13)15(18)22-10-14(17)16-9-12-3-2-8-21-12/h4-7,12H,2-3,8-10H2,1H3,(H,16,17)/t12-/m1/s1. The lowest BCUT2D eigenvalue weighted by atomic mass is 10.2. The minimum atomic E-state index is -3.31. The summed E-state index contributed by atoms with van der Waals surface area (Å²) in [4.78, 5) is 23.5. The predicted molar refractivity (Wildman–Crippen MR) is 81.8 cm³/mol. The van der Waals surface area contributed by atoms with E-state index < -0.39 is 21.7 Å². The maximum Gasteiger partial charge on any atom is 0.338 e. The van der Waals surface area contributed by atoms with E-state index in [2.05, 4.69) is 5.32 Å². The first-order chi connectivity index (χ1) is 10.9. The third-order valence-electron chi connectivity index (χ3n) is 3.40. The molecule has 1 heterocycles. The van der Waals surface area contributed by atoms with Crippen LogP contribution >= 0.6 is 0 Å². The number of nitrogens with one attached hydrogen (secondary N) is 1. The highest BCUT2D eigenvalue weighted by Crippen LogP contribution is 2.12. The number of sulfone groups is 1. The van der Waals surface area contributed by atoms with Gasteiger partial charge >= 0.3 is 5.97 Å². The molecule has 1 saturated heterocycles. The highest BCUT2D eigenvalue weighted by atomic mass is 32.2. The van der Waals surface area contributed by atoms with E-state index in [0.29, 0.717) is 13.2 Å². The molecule has 1 aliphatic heterocycles. The summed E-state index contributed by atoms with van der Waals surface area (Å²) < 4.78 is 32.9. The number of hydrogen-bond acceptors (Lipinski definition) is 6. The fourth-order valence-corrected chi connectivity index (χ4v) is 2.77. The van der Waals surface area contributed by atoms with Gasteiger partial charge in [-0.3, -0.25) is 4.79 Å². The molecule has 126 valence electrons. The quantitative estimate of drug-likeness (QED) is 0.758. The van der Waals surface area contributed by atoms with Crippen LogP contribution in [0.15, 0.2) is 29.2 Å². The van der Waals surface area contributed by atoms with E-state index in [-0.39, 0.29) is 23.2 Å². The number of carbonyl (C=O) groups excluding carboxylic acids is 2. The van der Waals surface area contributed by atoms with E-state index in [0.717, 1.165) is 19.1 Å². The zero-order valence-electron chi connectivity index (χ0n) is 12.8. The molecule has 1 amide bonds. The molecule has 1 atom stereocenters. The van der Waals surface area contributed by atoms with E-state index in [1.165, 1.54) is 24.3 Å². The van der Waals surface area contributed by atoms with Gasteiger partial charge in [-0.15, -0.1) is 0 Å². The Morgan fingerprint density at radius 2 is 2.00 bits per heavy atom. The van der Waals surface area contributed by atoms with Crippen LogP contribution in [-0.2, 0) is 24.1 Å². The molecule has 7 nitrogen and oxygen atoms in total. The molecule has 0 saturated carbocycles. The van der Waals surface area contributed by atoms with Crippen LogP contribution in [0.1, 0.15) is 23.2 Å². The Kier molecular flexibility index (Phi) is 5.73. The monoisotopic (exact) mass is 341 g/mol. The average Bonchev–Trinajstić information content (AvgIpc) is 3.03. The van der Waals surface area contributed by atoms with Crippen molar-refractivity contribution in [2.45, 2.75) is 23.8 Å². The SMILES string of the molecule is CS(=O)(=O)c1ccc(C(=O)OCC(=O)NC[C@H]2CCCO2)cc1. The van der Waals surface area contributed by atoms with Gasteiger partial charge in [0.05, 0.1) is 16.6 Å². The lowest BCUT2D eigenvalue weighted by molar-refractivity contribution is -0.124. The van der Waals surface area contributed by atoms with Crippen LogP contribution in [0.5, 0.6) is 0 Å².